The van der Waals surface area contributed by atoms with Gasteiger partial charge in [0.15, 0.2) is 0 Å². The maximum atomic E-state index is 12.0. The van der Waals surface area contributed by atoms with E-state index in [-0.39, 0.29) is 12.5 Å². The Labute approximate surface area is 106 Å². The van der Waals surface area contributed by atoms with Crippen LogP contribution in [0, 0.1) is 0 Å². The lowest BCUT2D eigenvalue weighted by Gasteiger charge is -2.26. The van der Waals surface area contributed by atoms with E-state index in [1.165, 1.54) is 5.57 Å². The Hall–Kier alpha value is -1.82. The number of aromatic nitrogens is 2. The summed E-state index contributed by atoms with van der Waals surface area (Å²) >= 11 is 0. The molecule has 1 aliphatic rings. The van der Waals surface area contributed by atoms with Gasteiger partial charge >= 0.3 is 0 Å². The standard InChI is InChI=1S/C12H18N4O2/c1-18-9-10-2-4-15(5-3-10)12(17)8-16-7-11(13)6-14-16/h2,6-7H,3-5,8-9,13H2,1H3. The summed E-state index contributed by atoms with van der Waals surface area (Å²) < 4.78 is 6.64. The van der Waals surface area contributed by atoms with Crippen molar-refractivity contribution in [2.45, 2.75) is 13.0 Å². The Kier molecular flexibility index (Phi) is 3.99. The Morgan fingerprint density at radius 1 is 1.61 bits per heavy atom. The van der Waals surface area contributed by atoms with Crippen LogP contribution in [0.3, 0.4) is 0 Å². The lowest BCUT2D eigenvalue weighted by Crippen LogP contribution is -2.37. The molecule has 0 spiro atoms. The topological polar surface area (TPSA) is 73.4 Å². The molecule has 98 valence electrons. The van der Waals surface area contributed by atoms with Crippen molar-refractivity contribution in [3.63, 3.8) is 0 Å². The third-order valence-electron chi connectivity index (χ3n) is 2.94. The van der Waals surface area contributed by atoms with Crippen molar-refractivity contribution < 1.29 is 9.53 Å². The highest BCUT2D eigenvalue weighted by atomic mass is 16.5. The van der Waals surface area contributed by atoms with Crippen molar-refractivity contribution >= 4 is 11.6 Å². The average Bonchev–Trinajstić information content (AvgIpc) is 2.76. The summed E-state index contributed by atoms with van der Waals surface area (Å²) in [5.41, 5.74) is 7.38. The van der Waals surface area contributed by atoms with E-state index in [0.717, 1.165) is 13.0 Å². The number of carbonyl (C=O) groups excluding carboxylic acids is 1. The summed E-state index contributed by atoms with van der Waals surface area (Å²) in [7, 11) is 1.68. The Morgan fingerprint density at radius 2 is 2.44 bits per heavy atom. The smallest absolute Gasteiger partial charge is 0.244 e. The molecule has 0 aliphatic carbocycles. The molecule has 0 atom stereocenters. The van der Waals surface area contributed by atoms with E-state index in [0.29, 0.717) is 18.8 Å². The van der Waals surface area contributed by atoms with Crippen LogP contribution in [0.5, 0.6) is 0 Å². The molecule has 6 nitrogen and oxygen atoms in total. The Bertz CT molecular complexity index is 453. The zero-order chi connectivity index (χ0) is 13.0. The largest absolute Gasteiger partial charge is 0.396 e. The summed E-state index contributed by atoms with van der Waals surface area (Å²) in [5.74, 6) is 0.0609. The third kappa shape index (κ3) is 3.10. The molecule has 0 saturated carbocycles. The maximum absolute atomic E-state index is 12.0. The van der Waals surface area contributed by atoms with Gasteiger partial charge in [0, 0.05) is 26.4 Å². The predicted molar refractivity (Wildman–Crippen MR) is 67.8 cm³/mol. The highest BCUT2D eigenvalue weighted by molar-refractivity contribution is 5.76. The maximum Gasteiger partial charge on any atom is 0.244 e. The molecule has 2 N–H and O–H groups in total. The molecule has 1 amide bonds. The third-order valence-corrected chi connectivity index (χ3v) is 2.94. The fourth-order valence-electron chi connectivity index (χ4n) is 1.96. The van der Waals surface area contributed by atoms with Gasteiger partial charge in [0.2, 0.25) is 5.91 Å². The van der Waals surface area contributed by atoms with Crippen molar-refractivity contribution in [1.29, 1.82) is 0 Å². The summed E-state index contributed by atoms with van der Waals surface area (Å²) in [6, 6.07) is 0. The van der Waals surface area contributed by atoms with Crippen LogP contribution in [0.1, 0.15) is 6.42 Å². The fourth-order valence-corrected chi connectivity index (χ4v) is 1.96. The summed E-state index contributed by atoms with van der Waals surface area (Å²) in [6.07, 6.45) is 6.14. The molecule has 6 heteroatoms. The number of hydrogen-bond acceptors (Lipinski definition) is 4. The first-order valence-electron chi connectivity index (χ1n) is 5.91. The molecule has 1 aliphatic heterocycles. The monoisotopic (exact) mass is 250 g/mol. The van der Waals surface area contributed by atoms with Crippen LogP contribution in [-0.2, 0) is 16.1 Å². The van der Waals surface area contributed by atoms with Gasteiger partial charge < -0.3 is 15.4 Å². The molecule has 0 fully saturated rings. The molecule has 0 aromatic carbocycles. The normalized spacial score (nSPS) is 15.6. The number of amides is 1. The van der Waals surface area contributed by atoms with Crippen LogP contribution in [-0.4, -0.2) is 47.4 Å². The van der Waals surface area contributed by atoms with Crippen molar-refractivity contribution in [1.82, 2.24) is 14.7 Å². The summed E-state index contributed by atoms with van der Waals surface area (Å²) in [4.78, 5) is 13.8. The van der Waals surface area contributed by atoms with Crippen LogP contribution < -0.4 is 5.73 Å². The van der Waals surface area contributed by atoms with E-state index in [2.05, 4.69) is 11.2 Å². The first-order valence-corrected chi connectivity index (χ1v) is 5.91. The highest BCUT2D eigenvalue weighted by Crippen LogP contribution is 2.11. The van der Waals surface area contributed by atoms with Gasteiger partial charge in [-0.3, -0.25) is 9.48 Å². The first-order chi connectivity index (χ1) is 8.69. The second-order valence-corrected chi connectivity index (χ2v) is 4.36. The van der Waals surface area contributed by atoms with E-state index in [1.54, 1.807) is 24.2 Å². The molecule has 18 heavy (non-hydrogen) atoms. The zero-order valence-corrected chi connectivity index (χ0v) is 10.5. The minimum Gasteiger partial charge on any atom is -0.396 e. The van der Waals surface area contributed by atoms with Gasteiger partial charge in [-0.1, -0.05) is 6.08 Å². The predicted octanol–water partition coefficient (Wildman–Crippen LogP) is 0.270. The van der Waals surface area contributed by atoms with Crippen LogP contribution in [0.2, 0.25) is 0 Å². The fraction of sp³-hybridized carbons (Fsp3) is 0.500. The number of ether oxygens (including phenoxy) is 1. The number of anilines is 1. The van der Waals surface area contributed by atoms with Gasteiger partial charge in [0.05, 0.1) is 18.5 Å². The van der Waals surface area contributed by atoms with Crippen LogP contribution in [0.4, 0.5) is 5.69 Å². The van der Waals surface area contributed by atoms with Crippen LogP contribution >= 0.6 is 0 Å². The molecule has 2 rings (SSSR count). The minimum atomic E-state index is 0.0609. The molecule has 0 unspecified atom stereocenters. The summed E-state index contributed by atoms with van der Waals surface area (Å²) in [6.45, 7) is 2.28. The molecular weight excluding hydrogens is 232 g/mol. The number of nitrogen functional groups attached to an aromatic ring is 1. The van der Waals surface area contributed by atoms with Crippen molar-refractivity contribution in [3.05, 3.63) is 24.0 Å². The van der Waals surface area contributed by atoms with Gasteiger partial charge in [-0.15, -0.1) is 0 Å². The molecule has 1 aromatic rings. The Morgan fingerprint density at radius 3 is 3.00 bits per heavy atom. The van der Waals surface area contributed by atoms with Gasteiger partial charge in [-0.25, -0.2) is 0 Å². The second kappa shape index (κ2) is 5.68. The average molecular weight is 250 g/mol. The van der Waals surface area contributed by atoms with Crippen LogP contribution in [0.25, 0.3) is 0 Å². The van der Waals surface area contributed by atoms with Crippen molar-refractivity contribution in [2.24, 2.45) is 0 Å². The minimum absolute atomic E-state index is 0.0609. The first kappa shape index (κ1) is 12.6. The molecule has 0 radical (unpaired) electrons. The number of rotatable bonds is 4. The zero-order valence-electron chi connectivity index (χ0n) is 10.5. The quantitative estimate of drug-likeness (QED) is 0.778. The van der Waals surface area contributed by atoms with Gasteiger partial charge in [-0.2, -0.15) is 5.10 Å². The lowest BCUT2D eigenvalue weighted by molar-refractivity contribution is -0.131. The summed E-state index contributed by atoms with van der Waals surface area (Å²) in [5, 5.41) is 4.00. The van der Waals surface area contributed by atoms with Gasteiger partial charge in [0.25, 0.3) is 0 Å². The van der Waals surface area contributed by atoms with Gasteiger partial charge in [-0.05, 0) is 12.0 Å². The molecule has 2 heterocycles. The molecule has 1 aromatic heterocycles. The molecular formula is C12H18N4O2. The number of nitrogens with zero attached hydrogens (tertiary/aromatic N) is 3. The van der Waals surface area contributed by atoms with Crippen molar-refractivity contribution in [2.75, 3.05) is 32.5 Å². The van der Waals surface area contributed by atoms with E-state index in [1.807, 2.05) is 4.90 Å². The molecule has 0 saturated heterocycles. The number of nitrogens with two attached hydrogens (primary N) is 1. The number of carbonyl (C=O) groups is 1. The van der Waals surface area contributed by atoms with Crippen LogP contribution in [0.15, 0.2) is 24.0 Å². The van der Waals surface area contributed by atoms with Gasteiger partial charge in [0.1, 0.15) is 6.54 Å². The second-order valence-electron chi connectivity index (χ2n) is 4.36. The van der Waals surface area contributed by atoms with Crippen molar-refractivity contribution in [3.8, 4) is 0 Å². The highest BCUT2D eigenvalue weighted by Gasteiger charge is 2.17. The van der Waals surface area contributed by atoms with E-state index in [9.17, 15) is 4.79 Å². The Balaban J connectivity index is 1.88. The van der Waals surface area contributed by atoms with E-state index in [4.69, 9.17) is 10.5 Å². The lowest BCUT2D eigenvalue weighted by atomic mass is 10.1. The number of methoxy groups -OCH3 is 1. The van der Waals surface area contributed by atoms with E-state index < -0.39 is 0 Å². The molecule has 0 bridgehead atoms. The number of hydrogen-bond donors (Lipinski definition) is 1. The van der Waals surface area contributed by atoms with E-state index >= 15 is 0 Å². The SMILES string of the molecule is COCC1=CCN(C(=O)Cn2cc(N)cn2)CC1.